The molecular weight excluding hydrogens is 223 g/mol. The molecule has 0 spiro atoms. The smallest absolute Gasteiger partial charge is 0.133 e. The molecule has 0 atom stereocenters. The van der Waals surface area contributed by atoms with Gasteiger partial charge >= 0.3 is 0 Å². The van der Waals surface area contributed by atoms with E-state index in [4.69, 9.17) is 0 Å². The van der Waals surface area contributed by atoms with Gasteiger partial charge in [-0.05, 0) is 34.9 Å². The van der Waals surface area contributed by atoms with Crippen LogP contribution >= 0.6 is 0 Å². The highest BCUT2D eigenvalue weighted by molar-refractivity contribution is 5.87. The maximum atomic E-state index is 14.1. The molecule has 1 heteroatoms. The van der Waals surface area contributed by atoms with Crippen molar-refractivity contribution < 1.29 is 4.39 Å². The number of hydrogen-bond acceptors (Lipinski definition) is 0. The van der Waals surface area contributed by atoms with E-state index in [9.17, 15) is 4.39 Å². The molecule has 0 aliphatic heterocycles. The van der Waals surface area contributed by atoms with Gasteiger partial charge in [0.2, 0.25) is 0 Å². The molecule has 18 heavy (non-hydrogen) atoms. The Morgan fingerprint density at radius 1 is 0.778 bits per heavy atom. The molecule has 0 fully saturated rings. The van der Waals surface area contributed by atoms with E-state index >= 15 is 0 Å². The maximum absolute atomic E-state index is 14.1. The fraction of sp³-hybridized carbons (Fsp3) is 0.0588. The Morgan fingerprint density at radius 2 is 1.56 bits per heavy atom. The Bertz CT molecular complexity index is 714. The average molecular weight is 236 g/mol. The fourth-order valence-corrected chi connectivity index (χ4v) is 2.23. The minimum Gasteiger partial charge on any atom is -0.206 e. The number of hydrogen-bond donors (Lipinski definition) is 0. The highest BCUT2D eigenvalue weighted by Gasteiger charge is 2.07. The van der Waals surface area contributed by atoms with Crippen molar-refractivity contribution >= 4 is 10.8 Å². The summed E-state index contributed by atoms with van der Waals surface area (Å²) in [6, 6.07) is 19.7. The van der Waals surface area contributed by atoms with Crippen molar-refractivity contribution in [2.24, 2.45) is 0 Å². The van der Waals surface area contributed by atoms with E-state index in [1.165, 1.54) is 5.39 Å². The topological polar surface area (TPSA) is 0 Å². The number of halogens is 1. The summed E-state index contributed by atoms with van der Waals surface area (Å²) < 4.78 is 14.1. The van der Waals surface area contributed by atoms with Crippen LogP contribution in [-0.4, -0.2) is 0 Å². The molecule has 3 aromatic carbocycles. The molecule has 3 aromatic rings. The lowest BCUT2D eigenvalue weighted by Gasteiger charge is -2.07. The third-order valence-corrected chi connectivity index (χ3v) is 3.25. The SMILES string of the molecule is Cc1cccc(-c2ccc3ccccc3c2)c1F. The third-order valence-electron chi connectivity index (χ3n) is 3.25. The monoisotopic (exact) mass is 236 g/mol. The van der Waals surface area contributed by atoms with Crippen molar-refractivity contribution in [2.45, 2.75) is 6.92 Å². The van der Waals surface area contributed by atoms with Crippen LogP contribution in [0.15, 0.2) is 60.7 Å². The zero-order valence-electron chi connectivity index (χ0n) is 10.2. The maximum Gasteiger partial charge on any atom is 0.133 e. The fourth-order valence-electron chi connectivity index (χ4n) is 2.23. The number of aryl methyl sites for hydroxylation is 1. The van der Waals surface area contributed by atoms with E-state index in [0.717, 1.165) is 10.9 Å². The molecule has 0 amide bonds. The van der Waals surface area contributed by atoms with E-state index in [1.54, 1.807) is 13.0 Å². The first kappa shape index (κ1) is 11.0. The Kier molecular flexibility index (Phi) is 2.60. The Labute approximate surface area is 106 Å². The van der Waals surface area contributed by atoms with Crippen molar-refractivity contribution in [3.05, 3.63) is 72.0 Å². The second-order valence-corrected chi connectivity index (χ2v) is 4.50. The molecule has 0 aliphatic rings. The lowest BCUT2D eigenvalue weighted by molar-refractivity contribution is 0.622. The van der Waals surface area contributed by atoms with Crippen molar-refractivity contribution in [1.29, 1.82) is 0 Å². The average Bonchev–Trinajstić information content (AvgIpc) is 2.41. The summed E-state index contributed by atoms with van der Waals surface area (Å²) >= 11 is 0. The number of fused-ring (bicyclic) bond motifs is 1. The Hall–Kier alpha value is -2.15. The van der Waals surface area contributed by atoms with Crippen LogP contribution in [0.1, 0.15) is 5.56 Å². The molecule has 0 saturated carbocycles. The van der Waals surface area contributed by atoms with Gasteiger partial charge in [-0.25, -0.2) is 4.39 Å². The second-order valence-electron chi connectivity index (χ2n) is 4.50. The van der Waals surface area contributed by atoms with Gasteiger partial charge in [0, 0.05) is 5.56 Å². The quantitative estimate of drug-likeness (QED) is 0.560. The molecule has 0 unspecified atom stereocenters. The van der Waals surface area contributed by atoms with E-state index < -0.39 is 0 Å². The first-order valence-electron chi connectivity index (χ1n) is 6.00. The van der Waals surface area contributed by atoms with Crippen LogP contribution in [0.25, 0.3) is 21.9 Å². The van der Waals surface area contributed by atoms with E-state index in [-0.39, 0.29) is 5.82 Å². The van der Waals surface area contributed by atoms with Gasteiger partial charge in [-0.1, -0.05) is 54.6 Å². The van der Waals surface area contributed by atoms with Gasteiger partial charge in [-0.3, -0.25) is 0 Å². The number of benzene rings is 3. The summed E-state index contributed by atoms with van der Waals surface area (Å²) in [6.07, 6.45) is 0. The molecule has 0 bridgehead atoms. The number of rotatable bonds is 1. The summed E-state index contributed by atoms with van der Waals surface area (Å²) in [5, 5.41) is 2.31. The third kappa shape index (κ3) is 1.78. The predicted octanol–water partition coefficient (Wildman–Crippen LogP) is 4.95. The minimum atomic E-state index is -0.132. The largest absolute Gasteiger partial charge is 0.206 e. The molecule has 0 aromatic heterocycles. The normalized spacial score (nSPS) is 10.8. The van der Waals surface area contributed by atoms with Crippen molar-refractivity contribution in [2.75, 3.05) is 0 Å². The summed E-state index contributed by atoms with van der Waals surface area (Å²) in [5.41, 5.74) is 2.27. The van der Waals surface area contributed by atoms with Crippen molar-refractivity contribution in [3.63, 3.8) is 0 Å². The standard InChI is InChI=1S/C17H13F/c1-12-5-4-8-16(17(12)18)15-10-9-13-6-2-3-7-14(13)11-15/h2-11H,1H3. The van der Waals surface area contributed by atoms with Crippen LogP contribution in [0.3, 0.4) is 0 Å². The molecular formula is C17H13F. The van der Waals surface area contributed by atoms with Crippen LogP contribution < -0.4 is 0 Å². The first-order valence-corrected chi connectivity index (χ1v) is 6.00. The summed E-state index contributed by atoms with van der Waals surface area (Å²) in [5.74, 6) is -0.132. The van der Waals surface area contributed by atoms with Crippen LogP contribution in [0, 0.1) is 12.7 Å². The molecule has 0 aliphatic carbocycles. The highest BCUT2D eigenvalue weighted by Crippen LogP contribution is 2.27. The van der Waals surface area contributed by atoms with Gasteiger partial charge < -0.3 is 0 Å². The van der Waals surface area contributed by atoms with Crippen LogP contribution in [0.2, 0.25) is 0 Å². The zero-order valence-corrected chi connectivity index (χ0v) is 10.2. The zero-order chi connectivity index (χ0) is 12.5. The molecule has 88 valence electrons. The summed E-state index contributed by atoms with van der Waals surface area (Å²) in [4.78, 5) is 0. The van der Waals surface area contributed by atoms with Crippen LogP contribution in [-0.2, 0) is 0 Å². The molecule has 0 nitrogen and oxygen atoms in total. The highest BCUT2D eigenvalue weighted by atomic mass is 19.1. The Morgan fingerprint density at radius 3 is 2.39 bits per heavy atom. The summed E-state index contributed by atoms with van der Waals surface area (Å²) in [7, 11) is 0. The summed E-state index contributed by atoms with van der Waals surface area (Å²) in [6.45, 7) is 1.79. The molecule has 0 heterocycles. The van der Waals surface area contributed by atoms with Gasteiger partial charge in [-0.2, -0.15) is 0 Å². The van der Waals surface area contributed by atoms with E-state index in [1.807, 2.05) is 48.5 Å². The van der Waals surface area contributed by atoms with E-state index in [2.05, 4.69) is 6.07 Å². The van der Waals surface area contributed by atoms with Gasteiger partial charge in [0.15, 0.2) is 0 Å². The van der Waals surface area contributed by atoms with Gasteiger partial charge in [0.05, 0.1) is 0 Å². The second kappa shape index (κ2) is 4.26. The van der Waals surface area contributed by atoms with E-state index in [0.29, 0.717) is 11.1 Å². The minimum absolute atomic E-state index is 0.132. The first-order chi connectivity index (χ1) is 8.75. The van der Waals surface area contributed by atoms with Crippen LogP contribution in [0.5, 0.6) is 0 Å². The van der Waals surface area contributed by atoms with Crippen molar-refractivity contribution in [1.82, 2.24) is 0 Å². The molecule has 0 radical (unpaired) electrons. The molecule has 0 saturated heterocycles. The Balaban J connectivity index is 2.22. The lowest BCUT2D eigenvalue weighted by atomic mass is 9.99. The van der Waals surface area contributed by atoms with Crippen molar-refractivity contribution in [3.8, 4) is 11.1 Å². The molecule has 0 N–H and O–H groups in total. The lowest BCUT2D eigenvalue weighted by Crippen LogP contribution is -1.88. The van der Waals surface area contributed by atoms with Gasteiger partial charge in [0.1, 0.15) is 5.82 Å². The predicted molar refractivity (Wildman–Crippen MR) is 74.1 cm³/mol. The van der Waals surface area contributed by atoms with Gasteiger partial charge in [-0.15, -0.1) is 0 Å². The van der Waals surface area contributed by atoms with Gasteiger partial charge in [0.25, 0.3) is 0 Å². The van der Waals surface area contributed by atoms with Crippen LogP contribution in [0.4, 0.5) is 4.39 Å². The molecule has 3 rings (SSSR count).